The zero-order chi connectivity index (χ0) is 23.9. The minimum Gasteiger partial charge on any atom is -0.493 e. The van der Waals surface area contributed by atoms with Crippen molar-refractivity contribution in [1.29, 1.82) is 0 Å². The van der Waals surface area contributed by atoms with Crippen molar-refractivity contribution in [3.05, 3.63) is 59.2 Å². The summed E-state index contributed by atoms with van der Waals surface area (Å²) in [7, 11) is 2.12. The van der Waals surface area contributed by atoms with Crippen LogP contribution < -0.4 is 10.1 Å². The molecular weight excluding hydrogens is 432 g/mol. The third kappa shape index (κ3) is 6.35. The standard InChI is InChI=1S/C26H32N4O4/c1-3-33-25(31)15-20-14-22-16-21(6-9-24(22)34-18-20)26(32)28-23-7-4-19(5-8-23)17-27-30-12-10-29(2)11-13-30/h4-9,16-17,20H,3,10-15,18H2,1-2H3,(H,28,32). The second-order valence-electron chi connectivity index (χ2n) is 8.79. The highest BCUT2D eigenvalue weighted by molar-refractivity contribution is 6.04. The number of carbonyl (C=O) groups excluding carboxylic acids is 2. The lowest BCUT2D eigenvalue weighted by Gasteiger charge is -2.30. The van der Waals surface area contributed by atoms with Crippen molar-refractivity contribution < 1.29 is 19.1 Å². The first-order chi connectivity index (χ1) is 16.5. The van der Waals surface area contributed by atoms with Gasteiger partial charge in [-0.1, -0.05) is 12.1 Å². The predicted octanol–water partition coefficient (Wildman–Crippen LogP) is 3.02. The summed E-state index contributed by atoms with van der Waals surface area (Å²) in [5.74, 6) is 0.408. The van der Waals surface area contributed by atoms with Crippen LogP contribution >= 0.6 is 0 Å². The van der Waals surface area contributed by atoms with Gasteiger partial charge in [0.2, 0.25) is 0 Å². The monoisotopic (exact) mass is 464 g/mol. The number of piperazine rings is 1. The fraction of sp³-hybridized carbons (Fsp3) is 0.423. The third-order valence-electron chi connectivity index (χ3n) is 6.08. The van der Waals surface area contributed by atoms with Crippen molar-refractivity contribution in [1.82, 2.24) is 9.91 Å². The minimum absolute atomic E-state index is 0.0462. The van der Waals surface area contributed by atoms with Crippen LogP contribution in [-0.4, -0.2) is 74.4 Å². The molecule has 1 saturated heterocycles. The molecule has 0 aromatic heterocycles. The molecule has 2 aliphatic heterocycles. The third-order valence-corrected chi connectivity index (χ3v) is 6.08. The highest BCUT2D eigenvalue weighted by atomic mass is 16.5. The second kappa shape index (κ2) is 11.2. The average molecular weight is 465 g/mol. The van der Waals surface area contributed by atoms with Gasteiger partial charge in [0.1, 0.15) is 5.75 Å². The van der Waals surface area contributed by atoms with Gasteiger partial charge in [0.05, 0.1) is 25.8 Å². The van der Waals surface area contributed by atoms with E-state index < -0.39 is 0 Å². The van der Waals surface area contributed by atoms with E-state index in [4.69, 9.17) is 9.47 Å². The van der Waals surface area contributed by atoms with E-state index in [0.29, 0.717) is 31.6 Å². The SMILES string of the molecule is CCOC(=O)CC1COc2ccc(C(=O)Nc3ccc(C=NN4CCN(C)CC4)cc3)cc2C1. The van der Waals surface area contributed by atoms with Gasteiger partial charge in [-0.05, 0) is 61.9 Å². The highest BCUT2D eigenvalue weighted by Crippen LogP contribution is 2.30. The van der Waals surface area contributed by atoms with E-state index in [1.54, 1.807) is 13.0 Å². The van der Waals surface area contributed by atoms with Crippen LogP contribution in [0, 0.1) is 5.92 Å². The molecule has 8 heteroatoms. The molecule has 0 saturated carbocycles. The summed E-state index contributed by atoms with van der Waals surface area (Å²) in [6, 6.07) is 13.1. The van der Waals surface area contributed by atoms with Crippen LogP contribution in [0.2, 0.25) is 0 Å². The summed E-state index contributed by atoms with van der Waals surface area (Å²) in [6.07, 6.45) is 2.85. The first-order valence-electron chi connectivity index (χ1n) is 11.8. The quantitative estimate of drug-likeness (QED) is 0.501. The van der Waals surface area contributed by atoms with Gasteiger partial charge in [-0.2, -0.15) is 5.10 Å². The Balaban J connectivity index is 1.33. The van der Waals surface area contributed by atoms with E-state index in [9.17, 15) is 9.59 Å². The van der Waals surface area contributed by atoms with Gasteiger partial charge in [0.15, 0.2) is 0 Å². The van der Waals surface area contributed by atoms with E-state index in [-0.39, 0.29) is 17.8 Å². The Bertz CT molecular complexity index is 1030. The van der Waals surface area contributed by atoms with Crippen molar-refractivity contribution in [2.45, 2.75) is 19.8 Å². The number of amides is 1. The lowest BCUT2D eigenvalue weighted by Crippen LogP contribution is -2.41. The Hall–Kier alpha value is -3.39. The van der Waals surface area contributed by atoms with Crippen molar-refractivity contribution in [2.75, 3.05) is 51.8 Å². The number of likely N-dealkylation sites (N-methyl/N-ethyl adjacent to an activating group) is 1. The average Bonchev–Trinajstić information content (AvgIpc) is 2.84. The molecule has 8 nitrogen and oxygen atoms in total. The van der Waals surface area contributed by atoms with Gasteiger partial charge in [0, 0.05) is 43.3 Å². The topological polar surface area (TPSA) is 83.5 Å². The molecule has 0 aliphatic carbocycles. The van der Waals surface area contributed by atoms with E-state index in [1.807, 2.05) is 42.6 Å². The minimum atomic E-state index is -0.217. The summed E-state index contributed by atoms with van der Waals surface area (Å²) in [4.78, 5) is 26.9. The number of rotatable bonds is 7. The first-order valence-corrected chi connectivity index (χ1v) is 11.8. The van der Waals surface area contributed by atoms with Gasteiger partial charge < -0.3 is 19.7 Å². The number of benzene rings is 2. The Morgan fingerprint density at radius 3 is 2.65 bits per heavy atom. The van der Waals surface area contributed by atoms with Crippen molar-refractivity contribution >= 4 is 23.8 Å². The molecule has 4 rings (SSSR count). The summed E-state index contributed by atoms with van der Waals surface area (Å²) in [6.45, 7) is 6.53. The molecular formula is C26H32N4O4. The van der Waals surface area contributed by atoms with Crippen LogP contribution in [0.15, 0.2) is 47.6 Å². The highest BCUT2D eigenvalue weighted by Gasteiger charge is 2.24. The summed E-state index contributed by atoms with van der Waals surface area (Å²) in [5, 5.41) is 9.58. The van der Waals surface area contributed by atoms with E-state index in [1.165, 1.54) is 0 Å². The van der Waals surface area contributed by atoms with E-state index in [0.717, 1.165) is 48.7 Å². The summed E-state index contributed by atoms with van der Waals surface area (Å²) >= 11 is 0. The van der Waals surface area contributed by atoms with Gasteiger partial charge >= 0.3 is 5.97 Å². The number of hydrogen-bond acceptors (Lipinski definition) is 7. The van der Waals surface area contributed by atoms with Gasteiger partial charge in [0.25, 0.3) is 5.91 Å². The number of nitrogens with zero attached hydrogens (tertiary/aromatic N) is 3. The predicted molar refractivity (Wildman–Crippen MR) is 131 cm³/mol. The molecule has 180 valence electrons. The molecule has 1 atom stereocenters. The number of anilines is 1. The molecule has 0 spiro atoms. The number of hydrogen-bond donors (Lipinski definition) is 1. The number of hydrazone groups is 1. The van der Waals surface area contributed by atoms with Crippen LogP contribution in [0.5, 0.6) is 5.75 Å². The van der Waals surface area contributed by atoms with Gasteiger partial charge in [-0.3, -0.25) is 14.6 Å². The Labute approximate surface area is 200 Å². The lowest BCUT2D eigenvalue weighted by molar-refractivity contribution is -0.144. The van der Waals surface area contributed by atoms with Crippen molar-refractivity contribution in [3.63, 3.8) is 0 Å². The molecule has 1 fully saturated rings. The van der Waals surface area contributed by atoms with Crippen LogP contribution in [0.1, 0.15) is 34.8 Å². The molecule has 1 amide bonds. The van der Waals surface area contributed by atoms with Crippen LogP contribution in [0.3, 0.4) is 0 Å². The molecule has 2 aliphatic rings. The smallest absolute Gasteiger partial charge is 0.306 e. The van der Waals surface area contributed by atoms with Crippen molar-refractivity contribution in [3.8, 4) is 5.75 Å². The summed E-state index contributed by atoms with van der Waals surface area (Å²) in [5.41, 5.74) is 3.19. The zero-order valence-corrected chi connectivity index (χ0v) is 19.8. The second-order valence-corrected chi connectivity index (χ2v) is 8.79. The summed E-state index contributed by atoms with van der Waals surface area (Å²) < 4.78 is 10.8. The molecule has 1 unspecified atom stereocenters. The van der Waals surface area contributed by atoms with Crippen LogP contribution in [0.4, 0.5) is 5.69 Å². The fourth-order valence-corrected chi connectivity index (χ4v) is 4.10. The maximum atomic E-state index is 12.8. The molecule has 0 radical (unpaired) electrons. The maximum absolute atomic E-state index is 12.8. The molecule has 1 N–H and O–H groups in total. The fourth-order valence-electron chi connectivity index (χ4n) is 4.10. The molecule has 34 heavy (non-hydrogen) atoms. The van der Waals surface area contributed by atoms with E-state index >= 15 is 0 Å². The lowest BCUT2D eigenvalue weighted by atomic mass is 9.93. The van der Waals surface area contributed by atoms with Crippen LogP contribution in [-0.2, 0) is 16.0 Å². The van der Waals surface area contributed by atoms with Gasteiger partial charge in [-0.25, -0.2) is 0 Å². The number of fused-ring (bicyclic) bond motifs is 1. The van der Waals surface area contributed by atoms with Gasteiger partial charge in [-0.15, -0.1) is 0 Å². The normalized spacial score (nSPS) is 18.3. The molecule has 2 heterocycles. The molecule has 0 bridgehead atoms. The molecule has 2 aromatic carbocycles. The van der Waals surface area contributed by atoms with E-state index in [2.05, 4.69) is 27.4 Å². The zero-order valence-electron chi connectivity index (χ0n) is 19.8. The maximum Gasteiger partial charge on any atom is 0.306 e. The number of carbonyl (C=O) groups is 2. The Morgan fingerprint density at radius 1 is 1.15 bits per heavy atom. The van der Waals surface area contributed by atoms with Crippen molar-refractivity contribution in [2.24, 2.45) is 11.0 Å². The first kappa shape index (κ1) is 23.8. The molecule has 2 aromatic rings. The number of esters is 1. The largest absolute Gasteiger partial charge is 0.493 e. The number of ether oxygens (including phenoxy) is 2. The van der Waals surface area contributed by atoms with Crippen LogP contribution in [0.25, 0.3) is 0 Å². The number of nitrogens with one attached hydrogen (secondary N) is 1. The Morgan fingerprint density at radius 2 is 1.91 bits per heavy atom. The Kier molecular flexibility index (Phi) is 7.80.